The van der Waals surface area contributed by atoms with Crippen molar-refractivity contribution in [3.05, 3.63) is 29.6 Å². The van der Waals surface area contributed by atoms with Crippen molar-refractivity contribution in [3.63, 3.8) is 0 Å². The number of aromatic nitrogens is 4. The molecule has 2 heterocycles. The van der Waals surface area contributed by atoms with Crippen molar-refractivity contribution in [2.75, 3.05) is 0 Å². The van der Waals surface area contributed by atoms with E-state index in [1.54, 1.807) is 6.20 Å². The molecule has 0 unspecified atom stereocenters. The second-order valence-electron chi connectivity index (χ2n) is 2.90. The Labute approximate surface area is 75.4 Å². The van der Waals surface area contributed by atoms with Gasteiger partial charge in [0.1, 0.15) is 17.2 Å². The topological polar surface area (TPSA) is 56.7 Å². The Kier molecular flexibility index (Phi) is 1.84. The number of aryl methyl sites for hydroxylation is 2. The quantitative estimate of drug-likeness (QED) is 0.686. The van der Waals surface area contributed by atoms with Gasteiger partial charge in [0.25, 0.3) is 0 Å². The van der Waals surface area contributed by atoms with E-state index in [-0.39, 0.29) is 0 Å². The van der Waals surface area contributed by atoms with Crippen LogP contribution >= 0.6 is 0 Å². The highest BCUT2D eigenvalue weighted by atomic mass is 16.6. The first-order chi connectivity index (χ1) is 6.27. The summed E-state index contributed by atoms with van der Waals surface area (Å²) in [7, 11) is 0. The summed E-state index contributed by atoms with van der Waals surface area (Å²) in [6.45, 7) is 4.49. The molecule has 2 aromatic heterocycles. The molecule has 0 spiro atoms. The van der Waals surface area contributed by atoms with Gasteiger partial charge >= 0.3 is 0 Å². The van der Waals surface area contributed by atoms with Crippen LogP contribution < -0.4 is 0 Å². The third-order valence-corrected chi connectivity index (χ3v) is 1.99. The van der Waals surface area contributed by atoms with Gasteiger partial charge in [-0.1, -0.05) is 10.3 Å². The van der Waals surface area contributed by atoms with Crippen LogP contribution in [0, 0.1) is 13.8 Å². The zero-order chi connectivity index (χ0) is 9.26. The second-order valence-corrected chi connectivity index (χ2v) is 2.90. The zero-order valence-corrected chi connectivity index (χ0v) is 7.56. The van der Waals surface area contributed by atoms with E-state index in [0.29, 0.717) is 6.54 Å². The summed E-state index contributed by atoms with van der Waals surface area (Å²) in [6, 6.07) is 0. The van der Waals surface area contributed by atoms with Gasteiger partial charge in [-0.05, 0) is 13.8 Å². The van der Waals surface area contributed by atoms with Gasteiger partial charge in [-0.2, -0.15) is 0 Å². The van der Waals surface area contributed by atoms with Crippen molar-refractivity contribution in [1.82, 2.24) is 19.9 Å². The molecule has 2 aromatic rings. The molecule has 0 amide bonds. The number of imidazole rings is 1. The van der Waals surface area contributed by atoms with Gasteiger partial charge in [0.05, 0.1) is 6.54 Å². The van der Waals surface area contributed by atoms with Gasteiger partial charge in [0.15, 0.2) is 0 Å². The molecule has 0 radical (unpaired) electrons. The Bertz CT molecular complexity index is 365. The van der Waals surface area contributed by atoms with Crippen molar-refractivity contribution in [3.8, 4) is 0 Å². The first-order valence-electron chi connectivity index (χ1n) is 4.03. The highest BCUT2D eigenvalue weighted by molar-refractivity contribution is 5.06. The van der Waals surface area contributed by atoms with E-state index < -0.39 is 0 Å². The molecule has 13 heavy (non-hydrogen) atoms. The minimum absolute atomic E-state index is 0.668. The molecular weight excluding hydrogens is 168 g/mol. The van der Waals surface area contributed by atoms with E-state index in [9.17, 15) is 0 Å². The SMILES string of the molecule is Cc1nonc1Cn1ccnc1C. The van der Waals surface area contributed by atoms with Crippen LogP contribution in [0.1, 0.15) is 17.2 Å². The molecule has 0 N–H and O–H groups in total. The predicted octanol–water partition coefficient (Wildman–Crippen LogP) is 0.931. The van der Waals surface area contributed by atoms with Crippen LogP contribution in [0.5, 0.6) is 0 Å². The fourth-order valence-electron chi connectivity index (χ4n) is 1.13. The molecule has 0 aliphatic heterocycles. The molecule has 5 heteroatoms. The standard InChI is InChI=1S/C8H10N4O/c1-6-8(11-13-10-6)5-12-4-3-9-7(12)2/h3-4H,5H2,1-2H3. The lowest BCUT2D eigenvalue weighted by Gasteiger charge is -2.00. The third-order valence-electron chi connectivity index (χ3n) is 1.99. The maximum Gasteiger partial charge on any atom is 0.127 e. The normalized spacial score (nSPS) is 10.6. The molecule has 0 saturated heterocycles. The minimum atomic E-state index is 0.668. The first-order valence-corrected chi connectivity index (χ1v) is 4.03. The summed E-state index contributed by atoms with van der Waals surface area (Å²) in [5, 5.41) is 7.50. The average molecular weight is 178 g/mol. The summed E-state index contributed by atoms with van der Waals surface area (Å²) >= 11 is 0. The average Bonchev–Trinajstić information content (AvgIpc) is 2.65. The van der Waals surface area contributed by atoms with Gasteiger partial charge < -0.3 is 4.57 Å². The van der Waals surface area contributed by atoms with Gasteiger partial charge in [-0.3, -0.25) is 0 Å². The number of hydrogen-bond donors (Lipinski definition) is 0. The van der Waals surface area contributed by atoms with E-state index in [1.165, 1.54) is 0 Å². The van der Waals surface area contributed by atoms with Crippen LogP contribution in [-0.4, -0.2) is 19.9 Å². The van der Waals surface area contributed by atoms with Crippen LogP contribution in [-0.2, 0) is 6.54 Å². The molecule has 68 valence electrons. The second kappa shape index (κ2) is 3.01. The third kappa shape index (κ3) is 1.44. The molecule has 0 aromatic carbocycles. The number of nitrogens with zero attached hydrogens (tertiary/aromatic N) is 4. The Balaban J connectivity index is 2.24. The maximum atomic E-state index is 4.60. The van der Waals surface area contributed by atoms with E-state index in [4.69, 9.17) is 0 Å². The highest BCUT2D eigenvalue weighted by Crippen LogP contribution is 2.05. The Morgan fingerprint density at radius 3 is 2.77 bits per heavy atom. The summed E-state index contributed by atoms with van der Waals surface area (Å²) < 4.78 is 6.59. The molecular formula is C8H10N4O. The molecule has 0 atom stereocenters. The summed E-state index contributed by atoms with van der Waals surface area (Å²) in [5.74, 6) is 0.961. The summed E-state index contributed by atoms with van der Waals surface area (Å²) in [4.78, 5) is 4.11. The van der Waals surface area contributed by atoms with Crippen LogP contribution in [0.3, 0.4) is 0 Å². The van der Waals surface area contributed by atoms with E-state index in [1.807, 2.05) is 24.6 Å². The van der Waals surface area contributed by atoms with Gasteiger partial charge in [-0.15, -0.1) is 0 Å². The Hall–Kier alpha value is -1.65. The van der Waals surface area contributed by atoms with E-state index >= 15 is 0 Å². The van der Waals surface area contributed by atoms with Crippen LogP contribution in [0.4, 0.5) is 0 Å². The lowest BCUT2D eigenvalue weighted by atomic mass is 10.3. The van der Waals surface area contributed by atoms with Crippen LogP contribution in [0.2, 0.25) is 0 Å². The van der Waals surface area contributed by atoms with E-state index in [0.717, 1.165) is 17.2 Å². The number of hydrogen-bond acceptors (Lipinski definition) is 4. The lowest BCUT2D eigenvalue weighted by Crippen LogP contribution is -2.02. The Morgan fingerprint density at radius 1 is 1.38 bits per heavy atom. The smallest absolute Gasteiger partial charge is 0.127 e. The molecule has 0 aliphatic rings. The molecule has 0 aliphatic carbocycles. The Morgan fingerprint density at radius 2 is 2.23 bits per heavy atom. The fourth-order valence-corrected chi connectivity index (χ4v) is 1.13. The number of rotatable bonds is 2. The van der Waals surface area contributed by atoms with Crippen LogP contribution in [0.15, 0.2) is 17.0 Å². The van der Waals surface area contributed by atoms with Crippen molar-refractivity contribution in [2.24, 2.45) is 0 Å². The highest BCUT2D eigenvalue weighted by Gasteiger charge is 2.06. The molecule has 0 saturated carbocycles. The van der Waals surface area contributed by atoms with Gasteiger partial charge in [0, 0.05) is 12.4 Å². The van der Waals surface area contributed by atoms with Gasteiger partial charge in [-0.25, -0.2) is 9.61 Å². The van der Waals surface area contributed by atoms with E-state index in [2.05, 4.69) is 19.9 Å². The largest absolute Gasteiger partial charge is 0.329 e. The minimum Gasteiger partial charge on any atom is -0.329 e. The van der Waals surface area contributed by atoms with Crippen molar-refractivity contribution >= 4 is 0 Å². The first kappa shape index (κ1) is 7.97. The summed E-state index contributed by atoms with van der Waals surface area (Å²) in [6.07, 6.45) is 3.67. The monoisotopic (exact) mass is 178 g/mol. The maximum absolute atomic E-state index is 4.60. The lowest BCUT2D eigenvalue weighted by molar-refractivity contribution is 0.300. The van der Waals surface area contributed by atoms with Crippen LogP contribution in [0.25, 0.3) is 0 Å². The predicted molar refractivity (Wildman–Crippen MR) is 45.1 cm³/mol. The molecule has 5 nitrogen and oxygen atoms in total. The molecule has 0 bridgehead atoms. The van der Waals surface area contributed by atoms with Gasteiger partial charge in [0.2, 0.25) is 0 Å². The van der Waals surface area contributed by atoms with Crippen molar-refractivity contribution in [2.45, 2.75) is 20.4 Å². The van der Waals surface area contributed by atoms with Crippen molar-refractivity contribution < 1.29 is 4.63 Å². The zero-order valence-electron chi connectivity index (χ0n) is 7.56. The fraction of sp³-hybridized carbons (Fsp3) is 0.375. The summed E-state index contributed by atoms with van der Waals surface area (Å²) in [5.41, 5.74) is 1.68. The molecule has 2 rings (SSSR count). The van der Waals surface area contributed by atoms with Crippen molar-refractivity contribution in [1.29, 1.82) is 0 Å². The molecule has 0 fully saturated rings.